The molecule has 0 aromatic carbocycles. The number of carbonyl (C=O) groups is 1. The van der Waals surface area contributed by atoms with Crippen LogP contribution in [0.2, 0.25) is 0 Å². The van der Waals surface area contributed by atoms with Crippen molar-refractivity contribution in [2.75, 3.05) is 0 Å². The normalized spacial score (nSPS) is 17.0. The number of thiol groups is 1. The van der Waals surface area contributed by atoms with Crippen molar-refractivity contribution in [3.63, 3.8) is 0 Å². The summed E-state index contributed by atoms with van der Waals surface area (Å²) >= 11 is 3.86. The highest BCUT2D eigenvalue weighted by Crippen LogP contribution is 2.12. The van der Waals surface area contributed by atoms with Crippen molar-refractivity contribution in [3.8, 4) is 0 Å². The maximum Gasteiger partial charge on any atom is 0.162 e. The van der Waals surface area contributed by atoms with Gasteiger partial charge in [0.2, 0.25) is 0 Å². The lowest BCUT2D eigenvalue weighted by atomic mass is 9.94. The van der Waals surface area contributed by atoms with Crippen molar-refractivity contribution in [1.82, 2.24) is 0 Å². The lowest BCUT2D eigenvalue weighted by molar-refractivity contribution is -0.122. The quantitative estimate of drug-likeness (QED) is 0.480. The predicted molar refractivity (Wildman–Crippen MR) is 46.0 cm³/mol. The third kappa shape index (κ3) is 2.71. The predicted octanol–water partition coefficient (Wildman–Crippen LogP) is 1.06. The standard InChI is InChI=1S/C7H15NOS/c1-4(2)5(3)6(9)7(8)10/h4-5,7,10H,8H2,1-3H3. The Labute approximate surface area is 67.6 Å². The van der Waals surface area contributed by atoms with E-state index < -0.39 is 5.37 Å². The fourth-order valence-electron chi connectivity index (χ4n) is 0.598. The number of Topliss-reactive ketones (excluding diaryl/α,β-unsaturated/α-hetero) is 1. The van der Waals surface area contributed by atoms with Gasteiger partial charge in [0, 0.05) is 5.92 Å². The van der Waals surface area contributed by atoms with Crippen LogP contribution in [-0.2, 0) is 4.79 Å². The van der Waals surface area contributed by atoms with Gasteiger partial charge in [-0.3, -0.25) is 4.79 Å². The highest BCUT2D eigenvalue weighted by molar-refractivity contribution is 7.81. The van der Waals surface area contributed by atoms with E-state index >= 15 is 0 Å². The van der Waals surface area contributed by atoms with E-state index in [1.54, 1.807) is 0 Å². The Bertz CT molecular complexity index is 123. The Morgan fingerprint density at radius 3 is 1.90 bits per heavy atom. The lowest BCUT2D eigenvalue weighted by Gasteiger charge is -2.15. The summed E-state index contributed by atoms with van der Waals surface area (Å²) in [7, 11) is 0. The molecule has 0 fully saturated rings. The van der Waals surface area contributed by atoms with Crippen molar-refractivity contribution in [1.29, 1.82) is 0 Å². The molecule has 0 rings (SSSR count). The Hall–Kier alpha value is -0.0200. The lowest BCUT2D eigenvalue weighted by Crippen LogP contribution is -2.31. The number of nitrogens with two attached hydrogens (primary N) is 1. The van der Waals surface area contributed by atoms with E-state index in [0.29, 0.717) is 5.92 Å². The molecule has 10 heavy (non-hydrogen) atoms. The van der Waals surface area contributed by atoms with Gasteiger partial charge in [0.25, 0.3) is 0 Å². The smallest absolute Gasteiger partial charge is 0.162 e. The van der Waals surface area contributed by atoms with Crippen LogP contribution in [0.4, 0.5) is 0 Å². The molecular weight excluding hydrogens is 146 g/mol. The summed E-state index contributed by atoms with van der Waals surface area (Å²) < 4.78 is 0. The van der Waals surface area contributed by atoms with Gasteiger partial charge in [0.15, 0.2) is 5.78 Å². The van der Waals surface area contributed by atoms with Gasteiger partial charge in [0.1, 0.15) is 5.37 Å². The molecule has 0 aromatic rings. The molecule has 0 amide bonds. The third-order valence-corrected chi connectivity index (χ3v) is 1.99. The summed E-state index contributed by atoms with van der Waals surface area (Å²) in [5.74, 6) is 0.400. The molecule has 2 atom stereocenters. The third-order valence-electron chi connectivity index (χ3n) is 1.74. The largest absolute Gasteiger partial charge is 0.313 e. The Morgan fingerprint density at radius 1 is 1.40 bits per heavy atom. The van der Waals surface area contributed by atoms with Gasteiger partial charge in [0.05, 0.1) is 0 Å². The number of hydrogen-bond acceptors (Lipinski definition) is 3. The van der Waals surface area contributed by atoms with Crippen molar-refractivity contribution in [2.45, 2.75) is 26.1 Å². The van der Waals surface area contributed by atoms with Crippen LogP contribution in [0.1, 0.15) is 20.8 Å². The highest BCUT2D eigenvalue weighted by atomic mass is 32.1. The molecule has 3 heteroatoms. The highest BCUT2D eigenvalue weighted by Gasteiger charge is 2.19. The zero-order valence-corrected chi connectivity index (χ0v) is 7.56. The fraction of sp³-hybridized carbons (Fsp3) is 0.857. The van der Waals surface area contributed by atoms with Gasteiger partial charge >= 0.3 is 0 Å². The molecule has 0 bridgehead atoms. The van der Waals surface area contributed by atoms with Gasteiger partial charge in [-0.2, -0.15) is 12.6 Å². The van der Waals surface area contributed by atoms with Gasteiger partial charge in [-0.15, -0.1) is 0 Å². The minimum absolute atomic E-state index is 0.0208. The summed E-state index contributed by atoms with van der Waals surface area (Å²) in [5.41, 5.74) is 5.29. The number of hydrogen-bond donors (Lipinski definition) is 2. The fourth-order valence-corrected chi connectivity index (χ4v) is 0.833. The molecule has 2 nitrogen and oxygen atoms in total. The first kappa shape index (κ1) is 9.98. The molecule has 0 radical (unpaired) electrons. The van der Waals surface area contributed by atoms with Crippen LogP contribution in [-0.4, -0.2) is 11.2 Å². The number of ketones is 1. The molecule has 0 saturated heterocycles. The van der Waals surface area contributed by atoms with Crippen LogP contribution in [0, 0.1) is 11.8 Å². The minimum Gasteiger partial charge on any atom is -0.313 e. The zero-order chi connectivity index (χ0) is 8.31. The van der Waals surface area contributed by atoms with Gasteiger partial charge in [-0.1, -0.05) is 20.8 Å². The monoisotopic (exact) mass is 161 g/mol. The molecule has 0 aliphatic heterocycles. The van der Waals surface area contributed by atoms with Crippen LogP contribution in [0.3, 0.4) is 0 Å². The van der Waals surface area contributed by atoms with E-state index in [1.165, 1.54) is 0 Å². The first-order valence-corrected chi connectivity index (χ1v) is 3.95. The van der Waals surface area contributed by atoms with Gasteiger partial charge in [-0.05, 0) is 5.92 Å². The molecular formula is C7H15NOS. The van der Waals surface area contributed by atoms with E-state index in [1.807, 2.05) is 20.8 Å². The van der Waals surface area contributed by atoms with Crippen LogP contribution in [0.5, 0.6) is 0 Å². The Balaban J connectivity index is 3.95. The summed E-state index contributed by atoms with van der Waals surface area (Å²) in [6.07, 6.45) is 0. The molecule has 0 spiro atoms. The molecule has 0 aliphatic carbocycles. The SMILES string of the molecule is CC(C)C(C)C(=O)C(N)S. The van der Waals surface area contributed by atoms with E-state index in [0.717, 1.165) is 0 Å². The van der Waals surface area contributed by atoms with Crippen LogP contribution < -0.4 is 5.73 Å². The van der Waals surface area contributed by atoms with Gasteiger partial charge in [-0.25, -0.2) is 0 Å². The second-order valence-corrected chi connectivity index (χ2v) is 3.44. The van der Waals surface area contributed by atoms with E-state index in [4.69, 9.17) is 5.73 Å². The second kappa shape index (κ2) is 3.98. The maximum atomic E-state index is 11.1. The summed E-state index contributed by atoms with van der Waals surface area (Å²) in [5, 5.41) is -0.614. The second-order valence-electron chi connectivity index (χ2n) is 2.88. The molecule has 0 aromatic heterocycles. The average Bonchev–Trinajstić information content (AvgIpc) is 1.84. The van der Waals surface area contributed by atoms with Crippen molar-refractivity contribution in [2.24, 2.45) is 17.6 Å². The van der Waals surface area contributed by atoms with Crippen LogP contribution in [0.25, 0.3) is 0 Å². The van der Waals surface area contributed by atoms with Crippen molar-refractivity contribution < 1.29 is 4.79 Å². The molecule has 2 N–H and O–H groups in total. The van der Waals surface area contributed by atoms with E-state index in [2.05, 4.69) is 12.6 Å². The molecule has 0 saturated carbocycles. The van der Waals surface area contributed by atoms with Crippen molar-refractivity contribution in [3.05, 3.63) is 0 Å². The van der Waals surface area contributed by atoms with Crippen LogP contribution in [0.15, 0.2) is 0 Å². The van der Waals surface area contributed by atoms with E-state index in [9.17, 15) is 4.79 Å². The molecule has 0 aliphatic rings. The Morgan fingerprint density at radius 2 is 1.80 bits per heavy atom. The van der Waals surface area contributed by atoms with Crippen LogP contribution >= 0.6 is 12.6 Å². The first-order chi connectivity index (χ1) is 4.46. The minimum atomic E-state index is -0.614. The Kier molecular flexibility index (Phi) is 3.98. The molecule has 2 unspecified atom stereocenters. The number of rotatable bonds is 3. The summed E-state index contributed by atoms with van der Waals surface area (Å²) in [4.78, 5) is 11.1. The van der Waals surface area contributed by atoms with Crippen molar-refractivity contribution >= 4 is 18.4 Å². The average molecular weight is 161 g/mol. The van der Waals surface area contributed by atoms with E-state index in [-0.39, 0.29) is 11.7 Å². The number of carbonyl (C=O) groups excluding carboxylic acids is 1. The van der Waals surface area contributed by atoms with Gasteiger partial charge < -0.3 is 5.73 Å². The topological polar surface area (TPSA) is 43.1 Å². The molecule has 60 valence electrons. The summed E-state index contributed by atoms with van der Waals surface area (Å²) in [6, 6.07) is 0. The zero-order valence-electron chi connectivity index (χ0n) is 6.66. The maximum absolute atomic E-state index is 11.1. The summed E-state index contributed by atoms with van der Waals surface area (Å²) in [6.45, 7) is 5.88. The molecule has 0 heterocycles. The first-order valence-electron chi connectivity index (χ1n) is 3.44.